The second-order valence-electron chi connectivity index (χ2n) is 8.54. The van der Waals surface area contributed by atoms with Gasteiger partial charge in [-0.25, -0.2) is 0 Å². The molecule has 0 aromatic heterocycles. The molecule has 0 radical (unpaired) electrons. The summed E-state index contributed by atoms with van der Waals surface area (Å²) in [6, 6.07) is 27.9. The molecule has 174 valence electrons. The van der Waals surface area contributed by atoms with Gasteiger partial charge in [-0.2, -0.15) is 0 Å². The van der Waals surface area contributed by atoms with Crippen LogP contribution in [0.5, 0.6) is 17.2 Å². The summed E-state index contributed by atoms with van der Waals surface area (Å²) in [4.78, 5) is 13.8. The van der Waals surface area contributed by atoms with E-state index in [1.165, 1.54) is 5.56 Å². The number of methoxy groups -OCH3 is 3. The lowest BCUT2D eigenvalue weighted by Crippen LogP contribution is -2.00. The molecule has 0 unspecified atom stereocenters. The standard InChI is InChI=1S/C31H26O4/c1-19-5-7-20(8-6-19)22-11-14-27-28(17-22)29(21-9-12-24(33-2)13-10-21)30(31(27)32)23-15-25(34-3)18-26(16-23)35-4/h5-18H,1-4H3. The van der Waals surface area contributed by atoms with Gasteiger partial charge in [0.1, 0.15) is 17.2 Å². The molecule has 0 aliphatic heterocycles. The van der Waals surface area contributed by atoms with E-state index in [2.05, 4.69) is 37.3 Å². The Hall–Kier alpha value is -4.31. The highest BCUT2D eigenvalue weighted by molar-refractivity contribution is 6.41. The second kappa shape index (κ2) is 9.15. The van der Waals surface area contributed by atoms with Gasteiger partial charge < -0.3 is 14.2 Å². The first-order valence-electron chi connectivity index (χ1n) is 11.4. The van der Waals surface area contributed by atoms with Crippen LogP contribution < -0.4 is 14.2 Å². The van der Waals surface area contributed by atoms with Crippen LogP contribution in [0.25, 0.3) is 22.3 Å². The van der Waals surface area contributed by atoms with E-state index in [1.54, 1.807) is 27.4 Å². The Morgan fingerprint density at radius 1 is 0.486 bits per heavy atom. The van der Waals surface area contributed by atoms with Gasteiger partial charge in [0.15, 0.2) is 5.78 Å². The summed E-state index contributed by atoms with van der Waals surface area (Å²) in [6.07, 6.45) is 0. The minimum atomic E-state index is -0.0171. The summed E-state index contributed by atoms with van der Waals surface area (Å²) < 4.78 is 16.4. The van der Waals surface area contributed by atoms with Crippen molar-refractivity contribution < 1.29 is 19.0 Å². The third-order valence-corrected chi connectivity index (χ3v) is 6.41. The monoisotopic (exact) mass is 462 g/mol. The van der Waals surface area contributed by atoms with Gasteiger partial charge in [-0.3, -0.25) is 4.79 Å². The number of ether oxygens (including phenoxy) is 3. The number of ketones is 1. The van der Waals surface area contributed by atoms with Crippen molar-refractivity contribution in [3.8, 4) is 28.4 Å². The van der Waals surface area contributed by atoms with Crippen molar-refractivity contribution in [2.75, 3.05) is 21.3 Å². The van der Waals surface area contributed by atoms with E-state index in [1.807, 2.05) is 48.5 Å². The fourth-order valence-corrected chi connectivity index (χ4v) is 4.54. The summed E-state index contributed by atoms with van der Waals surface area (Å²) >= 11 is 0. The number of hydrogen-bond donors (Lipinski definition) is 0. The van der Waals surface area contributed by atoms with Crippen molar-refractivity contribution in [3.05, 3.63) is 113 Å². The number of carbonyl (C=O) groups excluding carboxylic acids is 1. The van der Waals surface area contributed by atoms with Crippen LogP contribution in [0.3, 0.4) is 0 Å². The minimum Gasteiger partial charge on any atom is -0.497 e. The van der Waals surface area contributed by atoms with Crippen molar-refractivity contribution >= 4 is 16.9 Å². The molecule has 4 aromatic rings. The van der Waals surface area contributed by atoms with Crippen LogP contribution in [-0.2, 0) is 0 Å². The van der Waals surface area contributed by atoms with Gasteiger partial charge in [0.25, 0.3) is 0 Å². The molecule has 0 N–H and O–H groups in total. The van der Waals surface area contributed by atoms with Crippen molar-refractivity contribution in [3.63, 3.8) is 0 Å². The number of carbonyl (C=O) groups is 1. The van der Waals surface area contributed by atoms with Gasteiger partial charge in [0.2, 0.25) is 0 Å². The summed E-state index contributed by atoms with van der Waals surface area (Å²) in [7, 11) is 4.86. The summed E-state index contributed by atoms with van der Waals surface area (Å²) in [5, 5.41) is 0. The van der Waals surface area contributed by atoms with Gasteiger partial charge in [0, 0.05) is 22.8 Å². The van der Waals surface area contributed by atoms with E-state index < -0.39 is 0 Å². The summed E-state index contributed by atoms with van der Waals surface area (Å²) in [6.45, 7) is 2.07. The summed E-state index contributed by atoms with van der Waals surface area (Å²) in [5.41, 5.74) is 8.18. The molecule has 35 heavy (non-hydrogen) atoms. The number of hydrogen-bond acceptors (Lipinski definition) is 4. The van der Waals surface area contributed by atoms with Gasteiger partial charge in [-0.05, 0) is 71.1 Å². The Bertz CT molecular complexity index is 1420. The molecular weight excluding hydrogens is 436 g/mol. The first-order valence-corrected chi connectivity index (χ1v) is 11.4. The predicted molar refractivity (Wildman–Crippen MR) is 139 cm³/mol. The Balaban J connectivity index is 1.76. The Kier molecular flexibility index (Phi) is 5.87. The van der Waals surface area contributed by atoms with E-state index in [0.29, 0.717) is 22.6 Å². The third kappa shape index (κ3) is 4.08. The third-order valence-electron chi connectivity index (χ3n) is 6.41. The number of Topliss-reactive ketones (excluding diaryl/α,β-unsaturated/α-hetero) is 1. The Labute approximate surface area is 205 Å². The smallest absolute Gasteiger partial charge is 0.194 e. The van der Waals surface area contributed by atoms with Crippen molar-refractivity contribution in [2.45, 2.75) is 6.92 Å². The SMILES string of the molecule is COc1ccc(C2=C(c3cc(OC)cc(OC)c3)C(=O)c3ccc(-c4ccc(C)cc4)cc32)cc1. The lowest BCUT2D eigenvalue weighted by atomic mass is 9.92. The van der Waals surface area contributed by atoms with E-state index in [-0.39, 0.29) is 5.78 Å². The lowest BCUT2D eigenvalue weighted by Gasteiger charge is -2.13. The molecule has 1 aliphatic rings. The van der Waals surface area contributed by atoms with Crippen LogP contribution in [0.15, 0.2) is 84.9 Å². The fraction of sp³-hybridized carbons (Fsp3) is 0.129. The molecule has 4 aromatic carbocycles. The highest BCUT2D eigenvalue weighted by atomic mass is 16.5. The van der Waals surface area contributed by atoms with Gasteiger partial charge in [-0.15, -0.1) is 0 Å². The number of allylic oxidation sites excluding steroid dienone is 1. The zero-order valence-corrected chi connectivity index (χ0v) is 20.2. The molecule has 0 amide bonds. The molecule has 0 saturated heterocycles. The second-order valence-corrected chi connectivity index (χ2v) is 8.54. The largest absolute Gasteiger partial charge is 0.497 e. The van der Waals surface area contributed by atoms with Crippen LogP contribution in [-0.4, -0.2) is 27.1 Å². The normalized spacial score (nSPS) is 12.5. The first kappa shape index (κ1) is 22.5. The van der Waals surface area contributed by atoms with E-state index in [0.717, 1.165) is 39.1 Å². The first-order chi connectivity index (χ1) is 17.0. The van der Waals surface area contributed by atoms with Gasteiger partial charge >= 0.3 is 0 Å². The zero-order chi connectivity index (χ0) is 24.5. The fourth-order valence-electron chi connectivity index (χ4n) is 4.54. The maximum atomic E-state index is 13.8. The maximum Gasteiger partial charge on any atom is 0.194 e. The topological polar surface area (TPSA) is 44.8 Å². The number of aryl methyl sites for hydroxylation is 1. The number of fused-ring (bicyclic) bond motifs is 1. The van der Waals surface area contributed by atoms with Crippen molar-refractivity contribution in [1.82, 2.24) is 0 Å². The molecule has 5 rings (SSSR count). The molecule has 0 fully saturated rings. The van der Waals surface area contributed by atoms with Crippen LogP contribution in [0.2, 0.25) is 0 Å². The van der Waals surface area contributed by atoms with Gasteiger partial charge in [-0.1, -0.05) is 48.0 Å². The molecule has 0 spiro atoms. The van der Waals surface area contributed by atoms with Crippen LogP contribution >= 0.6 is 0 Å². The van der Waals surface area contributed by atoms with E-state index in [4.69, 9.17) is 14.2 Å². The van der Waals surface area contributed by atoms with E-state index in [9.17, 15) is 4.79 Å². The average molecular weight is 463 g/mol. The van der Waals surface area contributed by atoms with Crippen LogP contribution in [0, 0.1) is 6.92 Å². The van der Waals surface area contributed by atoms with Crippen LogP contribution in [0.4, 0.5) is 0 Å². The minimum absolute atomic E-state index is 0.0171. The van der Waals surface area contributed by atoms with Crippen LogP contribution in [0.1, 0.15) is 32.6 Å². The zero-order valence-electron chi connectivity index (χ0n) is 20.2. The molecule has 1 aliphatic carbocycles. The number of benzene rings is 4. The molecule has 4 heteroatoms. The molecule has 0 heterocycles. The summed E-state index contributed by atoms with van der Waals surface area (Å²) in [5.74, 6) is 2.00. The molecular formula is C31H26O4. The number of rotatable bonds is 6. The highest BCUT2D eigenvalue weighted by Crippen LogP contribution is 2.45. The molecule has 0 bridgehead atoms. The lowest BCUT2D eigenvalue weighted by molar-refractivity contribution is 0.105. The Morgan fingerprint density at radius 2 is 1.06 bits per heavy atom. The predicted octanol–water partition coefficient (Wildman–Crippen LogP) is 6.84. The van der Waals surface area contributed by atoms with Crippen molar-refractivity contribution in [1.29, 1.82) is 0 Å². The quantitative estimate of drug-likeness (QED) is 0.315. The molecule has 4 nitrogen and oxygen atoms in total. The van der Waals surface area contributed by atoms with Gasteiger partial charge in [0.05, 0.1) is 21.3 Å². The Morgan fingerprint density at radius 3 is 1.66 bits per heavy atom. The molecule has 0 atom stereocenters. The molecule has 0 saturated carbocycles. The average Bonchev–Trinajstić information content (AvgIpc) is 3.20. The maximum absolute atomic E-state index is 13.8. The van der Waals surface area contributed by atoms with E-state index >= 15 is 0 Å². The van der Waals surface area contributed by atoms with Crippen molar-refractivity contribution in [2.24, 2.45) is 0 Å². The highest BCUT2D eigenvalue weighted by Gasteiger charge is 2.32.